The molecule has 5 nitrogen and oxygen atoms in total. The van der Waals surface area contributed by atoms with E-state index in [9.17, 15) is 4.79 Å². The highest BCUT2D eigenvalue weighted by molar-refractivity contribution is 5.87. The van der Waals surface area contributed by atoms with Crippen LogP contribution in [0.4, 0.5) is 5.69 Å². The lowest BCUT2D eigenvalue weighted by Crippen LogP contribution is -2.03. The molecule has 2 N–H and O–H groups in total. The van der Waals surface area contributed by atoms with E-state index in [-0.39, 0.29) is 5.56 Å². The van der Waals surface area contributed by atoms with Crippen molar-refractivity contribution < 1.29 is 9.90 Å². The van der Waals surface area contributed by atoms with Crippen LogP contribution in [0, 0.1) is 6.92 Å². The molecule has 1 aromatic heterocycles. The normalized spacial score (nSPS) is 10.1. The first-order valence-corrected chi connectivity index (χ1v) is 5.50. The number of hydrogen-bond donors (Lipinski definition) is 2. The first-order chi connectivity index (χ1) is 8.65. The van der Waals surface area contributed by atoms with Crippen LogP contribution in [-0.4, -0.2) is 21.0 Å². The molecular formula is C13H13N3O2. The SMILES string of the molecule is Cc1cnc(CNc2ccc(C(=O)O)cc2)cn1. The third kappa shape index (κ3) is 3.04. The molecule has 0 saturated heterocycles. The molecular weight excluding hydrogens is 230 g/mol. The number of nitrogens with one attached hydrogen (secondary N) is 1. The molecule has 92 valence electrons. The van der Waals surface area contributed by atoms with Crippen LogP contribution in [0.3, 0.4) is 0 Å². The molecule has 5 heteroatoms. The molecule has 18 heavy (non-hydrogen) atoms. The van der Waals surface area contributed by atoms with E-state index < -0.39 is 5.97 Å². The number of aryl methyl sites for hydroxylation is 1. The Bertz CT molecular complexity index is 535. The van der Waals surface area contributed by atoms with Crippen LogP contribution in [0.15, 0.2) is 36.7 Å². The Balaban J connectivity index is 1.97. The summed E-state index contributed by atoms with van der Waals surface area (Å²) in [7, 11) is 0. The summed E-state index contributed by atoms with van der Waals surface area (Å²) in [5, 5.41) is 11.9. The largest absolute Gasteiger partial charge is 0.478 e. The van der Waals surface area contributed by atoms with Gasteiger partial charge in [0.05, 0.1) is 29.7 Å². The van der Waals surface area contributed by atoms with E-state index in [4.69, 9.17) is 5.11 Å². The Hall–Kier alpha value is -2.43. The minimum absolute atomic E-state index is 0.274. The fourth-order valence-corrected chi connectivity index (χ4v) is 1.43. The van der Waals surface area contributed by atoms with Crippen LogP contribution in [0.5, 0.6) is 0 Å². The van der Waals surface area contributed by atoms with Gasteiger partial charge in [0.2, 0.25) is 0 Å². The van der Waals surface area contributed by atoms with Crippen molar-refractivity contribution in [2.24, 2.45) is 0 Å². The number of hydrogen-bond acceptors (Lipinski definition) is 4. The van der Waals surface area contributed by atoms with Crippen LogP contribution < -0.4 is 5.32 Å². The number of anilines is 1. The van der Waals surface area contributed by atoms with Crippen LogP contribution >= 0.6 is 0 Å². The van der Waals surface area contributed by atoms with Crippen molar-refractivity contribution in [3.05, 3.63) is 53.6 Å². The summed E-state index contributed by atoms with van der Waals surface area (Å²) < 4.78 is 0. The Morgan fingerprint density at radius 1 is 1.22 bits per heavy atom. The van der Waals surface area contributed by atoms with Gasteiger partial charge in [-0.3, -0.25) is 9.97 Å². The molecule has 0 aliphatic carbocycles. The van der Waals surface area contributed by atoms with Crippen molar-refractivity contribution in [3.8, 4) is 0 Å². The lowest BCUT2D eigenvalue weighted by molar-refractivity contribution is 0.0697. The summed E-state index contributed by atoms with van der Waals surface area (Å²) in [6.07, 6.45) is 3.43. The Morgan fingerprint density at radius 3 is 2.50 bits per heavy atom. The highest BCUT2D eigenvalue weighted by Gasteiger charge is 2.01. The van der Waals surface area contributed by atoms with Gasteiger partial charge in [-0.05, 0) is 31.2 Å². The third-order valence-corrected chi connectivity index (χ3v) is 2.44. The van der Waals surface area contributed by atoms with E-state index in [0.717, 1.165) is 17.1 Å². The predicted octanol–water partition coefficient (Wildman–Crippen LogP) is 2.10. The smallest absolute Gasteiger partial charge is 0.335 e. The molecule has 0 aliphatic heterocycles. The molecule has 0 atom stereocenters. The van der Waals surface area contributed by atoms with Crippen molar-refractivity contribution >= 4 is 11.7 Å². The first-order valence-electron chi connectivity index (χ1n) is 5.50. The Labute approximate surface area is 105 Å². The summed E-state index contributed by atoms with van der Waals surface area (Å²) in [5.74, 6) is -0.925. The first kappa shape index (κ1) is 12.0. The number of aromatic carboxylic acids is 1. The average molecular weight is 243 g/mol. The molecule has 1 heterocycles. The van der Waals surface area contributed by atoms with Gasteiger partial charge in [-0.15, -0.1) is 0 Å². The van der Waals surface area contributed by atoms with E-state index >= 15 is 0 Å². The third-order valence-electron chi connectivity index (χ3n) is 2.44. The Morgan fingerprint density at radius 2 is 1.94 bits per heavy atom. The maximum Gasteiger partial charge on any atom is 0.335 e. The molecule has 0 aliphatic rings. The molecule has 2 aromatic rings. The van der Waals surface area contributed by atoms with Crippen molar-refractivity contribution in [1.29, 1.82) is 0 Å². The second-order valence-electron chi connectivity index (χ2n) is 3.89. The molecule has 0 unspecified atom stereocenters. The molecule has 0 radical (unpaired) electrons. The van der Waals surface area contributed by atoms with Crippen LogP contribution in [0.25, 0.3) is 0 Å². The second-order valence-corrected chi connectivity index (χ2v) is 3.89. The van der Waals surface area contributed by atoms with E-state index in [2.05, 4.69) is 15.3 Å². The quantitative estimate of drug-likeness (QED) is 0.860. The molecule has 0 bridgehead atoms. The number of nitrogens with zero attached hydrogens (tertiary/aromatic N) is 2. The zero-order valence-electron chi connectivity index (χ0n) is 9.92. The van der Waals surface area contributed by atoms with E-state index in [1.807, 2.05) is 6.92 Å². The average Bonchev–Trinajstić information content (AvgIpc) is 2.38. The number of benzene rings is 1. The van der Waals surface area contributed by atoms with Gasteiger partial charge in [0.1, 0.15) is 0 Å². The minimum Gasteiger partial charge on any atom is -0.478 e. The van der Waals surface area contributed by atoms with Crippen LogP contribution in [-0.2, 0) is 6.54 Å². The number of aromatic nitrogens is 2. The van der Waals surface area contributed by atoms with Gasteiger partial charge in [-0.1, -0.05) is 0 Å². The van der Waals surface area contributed by atoms with Crippen molar-refractivity contribution in [3.63, 3.8) is 0 Å². The predicted molar refractivity (Wildman–Crippen MR) is 67.5 cm³/mol. The minimum atomic E-state index is -0.925. The van der Waals surface area contributed by atoms with Gasteiger partial charge in [-0.2, -0.15) is 0 Å². The zero-order chi connectivity index (χ0) is 13.0. The summed E-state index contributed by atoms with van der Waals surface area (Å²) >= 11 is 0. The number of carboxylic acid groups (broad SMARTS) is 1. The van der Waals surface area contributed by atoms with Crippen molar-refractivity contribution in [1.82, 2.24) is 9.97 Å². The van der Waals surface area contributed by atoms with Gasteiger partial charge in [0, 0.05) is 11.9 Å². The van der Waals surface area contributed by atoms with Gasteiger partial charge >= 0.3 is 5.97 Å². The standard InChI is InChI=1S/C13H13N3O2/c1-9-6-15-12(7-14-9)8-16-11-4-2-10(3-5-11)13(17)18/h2-7,16H,8H2,1H3,(H,17,18). The van der Waals surface area contributed by atoms with E-state index in [1.165, 1.54) is 0 Å². The Kier molecular flexibility index (Phi) is 3.52. The van der Waals surface area contributed by atoms with Gasteiger partial charge in [0.15, 0.2) is 0 Å². The molecule has 0 amide bonds. The number of rotatable bonds is 4. The van der Waals surface area contributed by atoms with Crippen molar-refractivity contribution in [2.45, 2.75) is 13.5 Å². The second kappa shape index (κ2) is 5.27. The number of carbonyl (C=O) groups is 1. The summed E-state index contributed by atoms with van der Waals surface area (Å²) in [6, 6.07) is 6.58. The highest BCUT2D eigenvalue weighted by Crippen LogP contribution is 2.10. The van der Waals surface area contributed by atoms with Crippen LogP contribution in [0.2, 0.25) is 0 Å². The molecule has 0 spiro atoms. The van der Waals surface area contributed by atoms with Gasteiger partial charge in [0.25, 0.3) is 0 Å². The summed E-state index contributed by atoms with van der Waals surface area (Å²) in [6.45, 7) is 2.44. The van der Waals surface area contributed by atoms with E-state index in [1.54, 1.807) is 36.7 Å². The lowest BCUT2D eigenvalue weighted by atomic mass is 10.2. The highest BCUT2D eigenvalue weighted by atomic mass is 16.4. The maximum absolute atomic E-state index is 10.7. The molecule has 1 aromatic carbocycles. The van der Waals surface area contributed by atoms with E-state index in [0.29, 0.717) is 6.54 Å². The fraction of sp³-hybridized carbons (Fsp3) is 0.154. The maximum atomic E-state index is 10.7. The topological polar surface area (TPSA) is 75.1 Å². The number of carboxylic acids is 1. The van der Waals surface area contributed by atoms with Gasteiger partial charge < -0.3 is 10.4 Å². The zero-order valence-corrected chi connectivity index (χ0v) is 9.92. The molecule has 0 saturated carbocycles. The van der Waals surface area contributed by atoms with Gasteiger partial charge in [-0.25, -0.2) is 4.79 Å². The summed E-state index contributed by atoms with van der Waals surface area (Å²) in [5.41, 5.74) is 2.84. The lowest BCUT2D eigenvalue weighted by Gasteiger charge is -2.06. The summed E-state index contributed by atoms with van der Waals surface area (Å²) in [4.78, 5) is 19.1. The van der Waals surface area contributed by atoms with Crippen molar-refractivity contribution in [2.75, 3.05) is 5.32 Å². The monoisotopic (exact) mass is 243 g/mol. The molecule has 2 rings (SSSR count). The van der Waals surface area contributed by atoms with Crippen LogP contribution in [0.1, 0.15) is 21.7 Å². The molecule has 0 fully saturated rings. The fourth-order valence-electron chi connectivity index (χ4n) is 1.43.